The van der Waals surface area contributed by atoms with Gasteiger partial charge in [0.15, 0.2) is 5.65 Å². The van der Waals surface area contributed by atoms with E-state index in [9.17, 15) is 9.59 Å². The number of benzene rings is 1. The zero-order valence-electron chi connectivity index (χ0n) is 13.9. The van der Waals surface area contributed by atoms with Crippen molar-refractivity contribution in [2.24, 2.45) is 0 Å². The molecule has 0 spiro atoms. The van der Waals surface area contributed by atoms with E-state index in [0.29, 0.717) is 16.6 Å². The maximum atomic E-state index is 12.6. The molecular formula is C18H15N5O3. The number of nitrogens with one attached hydrogen (secondary N) is 1. The van der Waals surface area contributed by atoms with Crippen molar-refractivity contribution in [3.05, 3.63) is 65.3 Å². The van der Waals surface area contributed by atoms with Crippen LogP contribution in [0.15, 0.2) is 59.8 Å². The summed E-state index contributed by atoms with van der Waals surface area (Å²) in [5.41, 5.74) is 5.22. The van der Waals surface area contributed by atoms with E-state index in [4.69, 9.17) is 4.74 Å². The Labute approximate surface area is 147 Å². The highest BCUT2D eigenvalue weighted by molar-refractivity contribution is 5.87. The van der Waals surface area contributed by atoms with Crippen LogP contribution in [-0.2, 0) is 9.53 Å². The molecule has 0 aliphatic carbocycles. The highest BCUT2D eigenvalue weighted by Crippen LogP contribution is 2.24. The summed E-state index contributed by atoms with van der Waals surface area (Å²) < 4.78 is 7.49. The second kappa shape index (κ2) is 6.41. The van der Waals surface area contributed by atoms with Gasteiger partial charge in [0.05, 0.1) is 17.1 Å². The van der Waals surface area contributed by atoms with Gasteiger partial charge in [-0.05, 0) is 11.6 Å². The summed E-state index contributed by atoms with van der Waals surface area (Å²) >= 11 is 0. The lowest BCUT2D eigenvalue weighted by Gasteiger charge is -2.09. The molecule has 1 N–H and O–H groups in total. The number of nitrogens with zero attached hydrogens (tertiary/aromatic N) is 4. The molecule has 8 nitrogen and oxygen atoms in total. The van der Waals surface area contributed by atoms with E-state index in [-0.39, 0.29) is 6.61 Å². The second-order valence-corrected chi connectivity index (χ2v) is 5.68. The lowest BCUT2D eigenvalue weighted by atomic mass is 10.1. The van der Waals surface area contributed by atoms with Crippen molar-refractivity contribution in [1.82, 2.24) is 19.3 Å². The van der Waals surface area contributed by atoms with Crippen LogP contribution in [0.3, 0.4) is 0 Å². The van der Waals surface area contributed by atoms with Crippen LogP contribution >= 0.6 is 0 Å². The number of methoxy groups -OCH3 is 1. The van der Waals surface area contributed by atoms with Crippen molar-refractivity contribution in [3.63, 3.8) is 0 Å². The van der Waals surface area contributed by atoms with Crippen molar-refractivity contribution in [1.29, 1.82) is 0 Å². The van der Waals surface area contributed by atoms with Gasteiger partial charge in [0.2, 0.25) is 0 Å². The minimum Gasteiger partial charge on any atom is -0.375 e. The largest absolute Gasteiger partial charge is 0.375 e. The van der Waals surface area contributed by atoms with Gasteiger partial charge in [0, 0.05) is 25.1 Å². The van der Waals surface area contributed by atoms with Crippen LogP contribution < -0.4 is 11.0 Å². The molecule has 1 amide bonds. The Morgan fingerprint density at radius 2 is 2.00 bits per heavy atom. The van der Waals surface area contributed by atoms with Crippen LogP contribution in [-0.4, -0.2) is 38.9 Å². The number of carbonyl (C=O) groups is 1. The van der Waals surface area contributed by atoms with E-state index in [1.807, 2.05) is 30.3 Å². The zero-order chi connectivity index (χ0) is 18.1. The normalized spacial score (nSPS) is 11.1. The standard InChI is InChI=1S/C18H15N5O3/c1-26-11-16(24)21-22-8-7-15-14(18(22)25)9-19-17-13(10-20-23(15)17)12-5-3-2-4-6-12/h2-10H,11H2,1H3,(H,21,24). The van der Waals surface area contributed by atoms with Gasteiger partial charge in [-0.3, -0.25) is 15.0 Å². The van der Waals surface area contributed by atoms with Gasteiger partial charge in [-0.2, -0.15) is 5.10 Å². The molecule has 0 radical (unpaired) electrons. The third kappa shape index (κ3) is 2.62. The SMILES string of the molecule is COCC(=O)Nn1ccc2c(cnc3c(-c4ccccc4)cnn32)c1=O. The highest BCUT2D eigenvalue weighted by Gasteiger charge is 2.13. The number of ether oxygens (including phenoxy) is 1. The summed E-state index contributed by atoms with van der Waals surface area (Å²) in [4.78, 5) is 28.7. The van der Waals surface area contributed by atoms with Gasteiger partial charge in [0.25, 0.3) is 11.5 Å². The summed E-state index contributed by atoms with van der Waals surface area (Å²) in [6, 6.07) is 11.5. The molecule has 0 saturated carbocycles. The summed E-state index contributed by atoms with van der Waals surface area (Å²) in [6.07, 6.45) is 4.71. The number of fused-ring (bicyclic) bond motifs is 3. The molecule has 26 heavy (non-hydrogen) atoms. The molecule has 3 aromatic heterocycles. The number of carbonyl (C=O) groups excluding carboxylic acids is 1. The Bertz CT molecular complexity index is 1160. The molecule has 4 aromatic rings. The average molecular weight is 349 g/mol. The van der Waals surface area contributed by atoms with Crippen LogP contribution in [0.4, 0.5) is 0 Å². The molecule has 0 atom stereocenters. The smallest absolute Gasteiger partial charge is 0.280 e. The van der Waals surface area contributed by atoms with Crippen LogP contribution in [0.5, 0.6) is 0 Å². The van der Waals surface area contributed by atoms with Crippen LogP contribution in [0.25, 0.3) is 27.7 Å². The van der Waals surface area contributed by atoms with Gasteiger partial charge in [-0.15, -0.1) is 0 Å². The van der Waals surface area contributed by atoms with Crippen molar-refractivity contribution in [3.8, 4) is 11.1 Å². The van der Waals surface area contributed by atoms with Gasteiger partial charge in [-0.1, -0.05) is 30.3 Å². The predicted octanol–water partition coefficient (Wildman–Crippen LogP) is 1.43. The molecule has 130 valence electrons. The van der Waals surface area contributed by atoms with Gasteiger partial charge < -0.3 is 4.74 Å². The predicted molar refractivity (Wildman–Crippen MR) is 96.4 cm³/mol. The number of amides is 1. The molecule has 1 aromatic carbocycles. The first kappa shape index (κ1) is 16.0. The number of aromatic nitrogens is 4. The minimum atomic E-state index is -0.423. The Hall–Kier alpha value is -3.52. The second-order valence-electron chi connectivity index (χ2n) is 5.68. The number of hydrogen-bond donors (Lipinski definition) is 1. The quantitative estimate of drug-likeness (QED) is 0.602. The van der Waals surface area contributed by atoms with Crippen LogP contribution in [0, 0.1) is 0 Å². The third-order valence-corrected chi connectivity index (χ3v) is 4.00. The Balaban J connectivity index is 1.85. The highest BCUT2D eigenvalue weighted by atomic mass is 16.5. The molecule has 8 heteroatoms. The summed E-state index contributed by atoms with van der Waals surface area (Å²) in [5, 5.41) is 4.73. The van der Waals surface area contributed by atoms with Gasteiger partial charge in [0.1, 0.15) is 6.61 Å². The first-order valence-electron chi connectivity index (χ1n) is 7.91. The first-order valence-corrected chi connectivity index (χ1v) is 7.91. The number of pyridine rings is 1. The fourth-order valence-corrected chi connectivity index (χ4v) is 2.82. The van der Waals surface area contributed by atoms with E-state index in [0.717, 1.165) is 15.8 Å². The third-order valence-electron chi connectivity index (χ3n) is 4.00. The van der Waals surface area contributed by atoms with Crippen molar-refractivity contribution < 1.29 is 9.53 Å². The van der Waals surface area contributed by atoms with Crippen molar-refractivity contribution in [2.45, 2.75) is 0 Å². The maximum absolute atomic E-state index is 12.6. The molecule has 0 bridgehead atoms. The number of rotatable bonds is 4. The summed E-state index contributed by atoms with van der Waals surface area (Å²) in [5.74, 6) is -0.423. The molecule has 3 heterocycles. The Morgan fingerprint density at radius 1 is 1.19 bits per heavy atom. The topological polar surface area (TPSA) is 90.5 Å². The molecule has 0 saturated heterocycles. The Kier molecular flexibility index (Phi) is 3.94. The fraction of sp³-hybridized carbons (Fsp3) is 0.111. The summed E-state index contributed by atoms with van der Waals surface area (Å²) in [7, 11) is 1.41. The average Bonchev–Trinajstić information content (AvgIpc) is 3.09. The molecule has 0 fully saturated rings. The number of hydrogen-bond acceptors (Lipinski definition) is 5. The monoisotopic (exact) mass is 349 g/mol. The van der Waals surface area contributed by atoms with Gasteiger partial charge >= 0.3 is 0 Å². The van der Waals surface area contributed by atoms with E-state index in [1.54, 1.807) is 16.8 Å². The van der Waals surface area contributed by atoms with Crippen LogP contribution in [0.2, 0.25) is 0 Å². The van der Waals surface area contributed by atoms with E-state index in [1.165, 1.54) is 19.5 Å². The first-order chi connectivity index (χ1) is 12.7. The van der Waals surface area contributed by atoms with E-state index >= 15 is 0 Å². The molecule has 0 aliphatic rings. The lowest BCUT2D eigenvalue weighted by Crippen LogP contribution is -2.34. The Morgan fingerprint density at radius 3 is 2.77 bits per heavy atom. The minimum absolute atomic E-state index is 0.138. The molecule has 4 rings (SSSR count). The van der Waals surface area contributed by atoms with Crippen LogP contribution in [0.1, 0.15) is 0 Å². The molecular weight excluding hydrogens is 334 g/mol. The van der Waals surface area contributed by atoms with E-state index < -0.39 is 11.5 Å². The molecule has 0 unspecified atom stereocenters. The molecule has 0 aliphatic heterocycles. The van der Waals surface area contributed by atoms with E-state index in [2.05, 4.69) is 15.5 Å². The maximum Gasteiger partial charge on any atom is 0.280 e. The van der Waals surface area contributed by atoms with Gasteiger partial charge in [-0.25, -0.2) is 14.2 Å². The van der Waals surface area contributed by atoms with Crippen molar-refractivity contribution >= 4 is 22.5 Å². The summed E-state index contributed by atoms with van der Waals surface area (Å²) in [6.45, 7) is -0.138. The van der Waals surface area contributed by atoms with Crippen molar-refractivity contribution in [2.75, 3.05) is 19.1 Å². The fourth-order valence-electron chi connectivity index (χ4n) is 2.82. The zero-order valence-corrected chi connectivity index (χ0v) is 13.9. The lowest BCUT2D eigenvalue weighted by molar-refractivity contribution is -0.120.